The highest BCUT2D eigenvalue weighted by Gasteiger charge is 2.15. The van der Waals surface area contributed by atoms with Gasteiger partial charge in [0.1, 0.15) is 11.6 Å². The molecular formula is C22H19N7O2. The van der Waals surface area contributed by atoms with Crippen LogP contribution in [-0.4, -0.2) is 31.1 Å². The zero-order chi connectivity index (χ0) is 21.6. The molecular weight excluding hydrogens is 394 g/mol. The monoisotopic (exact) mass is 413 g/mol. The van der Waals surface area contributed by atoms with E-state index in [2.05, 4.69) is 19.9 Å². The van der Waals surface area contributed by atoms with Gasteiger partial charge in [-0.15, -0.1) is 0 Å². The smallest absolute Gasteiger partial charge is 0.274 e. The number of hydroxylamine groups is 1. The number of nitrogens with one attached hydrogen (secondary N) is 1. The van der Waals surface area contributed by atoms with Crippen molar-refractivity contribution in [2.24, 2.45) is 0 Å². The maximum absolute atomic E-state index is 11.6. The summed E-state index contributed by atoms with van der Waals surface area (Å²) in [7, 11) is 0. The van der Waals surface area contributed by atoms with Crippen molar-refractivity contribution in [3.8, 4) is 11.1 Å². The molecule has 1 aromatic carbocycles. The van der Waals surface area contributed by atoms with E-state index < -0.39 is 5.91 Å². The number of anilines is 3. The highest BCUT2D eigenvalue weighted by molar-refractivity contribution is 5.93. The first-order valence-corrected chi connectivity index (χ1v) is 9.39. The van der Waals surface area contributed by atoms with Gasteiger partial charge in [-0.05, 0) is 47.5 Å². The fourth-order valence-corrected chi connectivity index (χ4v) is 3.04. The van der Waals surface area contributed by atoms with Crippen LogP contribution in [0, 0.1) is 0 Å². The number of nitrogens with two attached hydrogens (primary N) is 1. The van der Waals surface area contributed by atoms with Crippen LogP contribution >= 0.6 is 0 Å². The van der Waals surface area contributed by atoms with Crippen LogP contribution in [0.1, 0.15) is 15.9 Å². The molecule has 0 aliphatic heterocycles. The fourth-order valence-electron chi connectivity index (χ4n) is 3.04. The zero-order valence-corrected chi connectivity index (χ0v) is 16.4. The lowest BCUT2D eigenvalue weighted by Gasteiger charge is -2.23. The lowest BCUT2D eigenvalue weighted by Crippen LogP contribution is -2.20. The van der Waals surface area contributed by atoms with Gasteiger partial charge in [0, 0.05) is 35.9 Å². The molecule has 0 bridgehead atoms. The summed E-state index contributed by atoms with van der Waals surface area (Å²) in [5, 5.41) is 8.79. The Morgan fingerprint density at radius 1 is 0.903 bits per heavy atom. The van der Waals surface area contributed by atoms with Gasteiger partial charge in [0.15, 0.2) is 5.82 Å². The highest BCUT2D eigenvalue weighted by Crippen LogP contribution is 2.28. The van der Waals surface area contributed by atoms with E-state index in [9.17, 15) is 4.79 Å². The van der Waals surface area contributed by atoms with Gasteiger partial charge in [-0.25, -0.2) is 20.4 Å². The minimum atomic E-state index is -0.566. The molecule has 31 heavy (non-hydrogen) atoms. The van der Waals surface area contributed by atoms with Gasteiger partial charge >= 0.3 is 0 Å². The number of pyridine rings is 2. The standard InChI is InChI=1S/C22H19N7O2/c23-19-6-5-18(12-27-19)17-7-8-25-20(11-17)29(21-13-24-9-10-26-21)14-15-1-3-16(4-2-15)22(30)28-31/h1-13,31H,14H2,(H2,23,27)(H,28,30). The zero-order valence-electron chi connectivity index (χ0n) is 16.4. The summed E-state index contributed by atoms with van der Waals surface area (Å²) < 4.78 is 0. The average molecular weight is 413 g/mol. The van der Waals surface area contributed by atoms with Crippen LogP contribution in [0.3, 0.4) is 0 Å². The predicted octanol–water partition coefficient (Wildman–Crippen LogP) is 2.97. The van der Waals surface area contributed by atoms with Crippen LogP contribution in [-0.2, 0) is 6.54 Å². The van der Waals surface area contributed by atoms with Gasteiger partial charge in [0.05, 0.1) is 12.7 Å². The van der Waals surface area contributed by atoms with Crippen molar-refractivity contribution in [3.63, 3.8) is 0 Å². The number of carbonyl (C=O) groups excluding carboxylic acids is 1. The SMILES string of the molecule is Nc1ccc(-c2ccnc(N(Cc3ccc(C(=O)NO)cc3)c3cnccn3)c2)cn1. The summed E-state index contributed by atoms with van der Waals surface area (Å²) in [6.07, 6.45) is 8.32. The molecule has 0 spiro atoms. The van der Waals surface area contributed by atoms with E-state index >= 15 is 0 Å². The number of hydrogen-bond donors (Lipinski definition) is 3. The molecule has 154 valence electrons. The Bertz CT molecular complexity index is 1170. The van der Waals surface area contributed by atoms with Gasteiger partial charge in [-0.1, -0.05) is 12.1 Å². The molecule has 4 aromatic rings. The molecule has 0 atom stereocenters. The van der Waals surface area contributed by atoms with E-state index in [-0.39, 0.29) is 0 Å². The van der Waals surface area contributed by atoms with E-state index in [0.29, 0.717) is 29.6 Å². The first-order valence-electron chi connectivity index (χ1n) is 9.39. The third kappa shape index (κ3) is 4.62. The second-order valence-electron chi connectivity index (χ2n) is 6.66. The fraction of sp³-hybridized carbons (Fsp3) is 0.0455. The number of carbonyl (C=O) groups is 1. The van der Waals surface area contributed by atoms with Crippen molar-refractivity contribution < 1.29 is 10.0 Å². The number of nitrogen functional groups attached to an aromatic ring is 1. The molecule has 0 fully saturated rings. The van der Waals surface area contributed by atoms with E-state index in [1.807, 2.05) is 35.2 Å². The summed E-state index contributed by atoms with van der Waals surface area (Å²) in [6, 6.07) is 14.4. The van der Waals surface area contributed by atoms with Gasteiger partial charge in [0.25, 0.3) is 5.91 Å². The van der Waals surface area contributed by atoms with Crippen molar-refractivity contribution in [2.45, 2.75) is 6.54 Å². The first kappa shape index (κ1) is 19.9. The Morgan fingerprint density at radius 2 is 1.71 bits per heavy atom. The summed E-state index contributed by atoms with van der Waals surface area (Å²) in [5.41, 5.74) is 10.4. The minimum Gasteiger partial charge on any atom is -0.384 e. The van der Waals surface area contributed by atoms with Crippen LogP contribution in [0.25, 0.3) is 11.1 Å². The summed E-state index contributed by atoms with van der Waals surface area (Å²) >= 11 is 0. The number of rotatable bonds is 6. The van der Waals surface area contributed by atoms with Crippen molar-refractivity contribution in [3.05, 3.63) is 90.6 Å². The molecule has 0 saturated heterocycles. The van der Waals surface area contributed by atoms with Crippen LogP contribution in [0.4, 0.5) is 17.5 Å². The van der Waals surface area contributed by atoms with Gasteiger partial charge in [0.2, 0.25) is 0 Å². The molecule has 0 unspecified atom stereocenters. The summed E-state index contributed by atoms with van der Waals surface area (Å²) in [4.78, 5) is 30.8. The lowest BCUT2D eigenvalue weighted by atomic mass is 10.1. The van der Waals surface area contributed by atoms with Gasteiger partial charge < -0.3 is 10.6 Å². The minimum absolute atomic E-state index is 0.355. The van der Waals surface area contributed by atoms with E-state index in [4.69, 9.17) is 10.9 Å². The Balaban J connectivity index is 1.68. The largest absolute Gasteiger partial charge is 0.384 e. The third-order valence-electron chi connectivity index (χ3n) is 4.63. The second-order valence-corrected chi connectivity index (χ2v) is 6.66. The Kier molecular flexibility index (Phi) is 5.77. The molecule has 1 amide bonds. The Hall–Kier alpha value is -4.37. The molecule has 0 radical (unpaired) electrons. The molecule has 4 N–H and O–H groups in total. The average Bonchev–Trinajstić information content (AvgIpc) is 2.83. The van der Waals surface area contributed by atoms with Crippen molar-refractivity contribution in [1.82, 2.24) is 25.4 Å². The van der Waals surface area contributed by atoms with Crippen LogP contribution in [0.2, 0.25) is 0 Å². The van der Waals surface area contributed by atoms with Gasteiger partial charge in [-0.2, -0.15) is 0 Å². The molecule has 0 aliphatic carbocycles. The van der Waals surface area contributed by atoms with Crippen molar-refractivity contribution in [1.29, 1.82) is 0 Å². The molecule has 0 saturated carbocycles. The maximum Gasteiger partial charge on any atom is 0.274 e. The number of amides is 1. The maximum atomic E-state index is 11.6. The molecule has 3 heterocycles. The van der Waals surface area contributed by atoms with E-state index in [0.717, 1.165) is 16.7 Å². The molecule has 0 aliphatic rings. The number of hydrogen-bond acceptors (Lipinski definition) is 8. The highest BCUT2D eigenvalue weighted by atomic mass is 16.5. The quantitative estimate of drug-likeness (QED) is 0.325. The molecule has 9 nitrogen and oxygen atoms in total. The molecule has 4 rings (SSSR count). The van der Waals surface area contributed by atoms with Crippen LogP contribution in [0.15, 0.2) is 79.5 Å². The number of aromatic nitrogens is 4. The topological polar surface area (TPSA) is 130 Å². The van der Waals surface area contributed by atoms with E-state index in [1.54, 1.807) is 54.7 Å². The number of benzene rings is 1. The molecule has 3 aromatic heterocycles. The third-order valence-corrected chi connectivity index (χ3v) is 4.63. The summed E-state index contributed by atoms with van der Waals surface area (Å²) in [5.74, 6) is 1.19. The Morgan fingerprint density at radius 3 is 2.39 bits per heavy atom. The van der Waals surface area contributed by atoms with Crippen LogP contribution in [0.5, 0.6) is 0 Å². The Labute approximate surface area is 178 Å². The normalized spacial score (nSPS) is 10.5. The number of nitrogens with zero attached hydrogens (tertiary/aromatic N) is 5. The van der Waals surface area contributed by atoms with E-state index in [1.165, 1.54) is 0 Å². The van der Waals surface area contributed by atoms with Crippen LogP contribution < -0.4 is 16.1 Å². The van der Waals surface area contributed by atoms with Crippen molar-refractivity contribution in [2.75, 3.05) is 10.6 Å². The van der Waals surface area contributed by atoms with Crippen molar-refractivity contribution >= 4 is 23.4 Å². The predicted molar refractivity (Wildman–Crippen MR) is 115 cm³/mol. The first-order chi connectivity index (χ1) is 15.1. The second kappa shape index (κ2) is 8.97. The molecule has 9 heteroatoms. The lowest BCUT2D eigenvalue weighted by molar-refractivity contribution is 0.0706. The van der Waals surface area contributed by atoms with Gasteiger partial charge in [-0.3, -0.25) is 15.0 Å². The summed E-state index contributed by atoms with van der Waals surface area (Å²) in [6.45, 7) is 0.441.